The van der Waals surface area contributed by atoms with E-state index in [4.69, 9.17) is 57.3 Å². The van der Waals surface area contributed by atoms with Crippen LogP contribution in [0.1, 0.15) is 91.2 Å². The van der Waals surface area contributed by atoms with Crippen LogP contribution in [0.25, 0.3) is 23.2 Å². The average molecular weight is 970 g/mol. The van der Waals surface area contributed by atoms with Gasteiger partial charge in [-0.25, -0.2) is 19.4 Å². The molecule has 3 aliphatic rings. The zero-order valence-corrected chi connectivity index (χ0v) is 42.6. The van der Waals surface area contributed by atoms with Gasteiger partial charge in [-0.2, -0.15) is 5.10 Å². The number of tetrazole rings is 1. The van der Waals surface area contributed by atoms with Gasteiger partial charge in [0.15, 0.2) is 47.2 Å². The molecule has 3 fully saturated rings. The molecule has 1 aliphatic carbocycles. The van der Waals surface area contributed by atoms with Crippen molar-refractivity contribution in [2.24, 2.45) is 0 Å². The number of anilines is 1. The van der Waals surface area contributed by atoms with E-state index in [-0.39, 0.29) is 51.4 Å². The summed E-state index contributed by atoms with van der Waals surface area (Å²) in [6.07, 6.45) is 4.09. The molecule has 22 heteroatoms. The Hall–Kier alpha value is -4.02. The lowest BCUT2D eigenvalue weighted by Gasteiger charge is -2.38. The van der Waals surface area contributed by atoms with Crippen molar-refractivity contribution in [2.45, 2.75) is 154 Å². The van der Waals surface area contributed by atoms with E-state index in [0.717, 1.165) is 30.9 Å². The second-order valence-corrected chi connectivity index (χ2v) is 27.6. The van der Waals surface area contributed by atoms with Crippen molar-refractivity contribution < 1.29 is 51.6 Å². The number of amides is 1. The molecule has 5 heterocycles. The van der Waals surface area contributed by atoms with Crippen LogP contribution in [0, 0.1) is 0 Å². The Morgan fingerprint density at radius 1 is 1.03 bits per heavy atom. The minimum atomic E-state index is -4.16. The summed E-state index contributed by atoms with van der Waals surface area (Å²) in [5.41, 5.74) is 0.588. The van der Waals surface area contributed by atoms with E-state index in [2.05, 4.69) is 35.1 Å². The van der Waals surface area contributed by atoms with Crippen molar-refractivity contribution >= 4 is 50.8 Å². The summed E-state index contributed by atoms with van der Waals surface area (Å²) in [5, 5.41) is 16.6. The number of fused-ring (bicyclic) bond motifs is 2. The molecule has 2 saturated heterocycles. The van der Waals surface area contributed by atoms with Crippen LogP contribution >= 0.6 is 7.60 Å². The predicted molar refractivity (Wildman–Crippen MR) is 252 cm³/mol. The van der Waals surface area contributed by atoms with Gasteiger partial charge in [0, 0.05) is 27.8 Å². The number of rotatable bonds is 22. The van der Waals surface area contributed by atoms with Crippen LogP contribution in [0.5, 0.6) is 0 Å². The number of benzene rings is 1. The van der Waals surface area contributed by atoms with Crippen LogP contribution in [0.15, 0.2) is 36.5 Å². The number of hydrogen-bond acceptors (Lipinski definition) is 17. The van der Waals surface area contributed by atoms with Crippen LogP contribution in [0.2, 0.25) is 25.7 Å². The number of carbonyl (C=O) groups is 1. The molecule has 368 valence electrons. The highest BCUT2D eigenvalue weighted by atomic mass is 31.2. The maximum absolute atomic E-state index is 15.0. The molecule has 0 radical (unpaired) electrons. The zero-order chi connectivity index (χ0) is 48.2. The molecule has 0 unspecified atom stereocenters. The van der Waals surface area contributed by atoms with Gasteiger partial charge in [0.05, 0.1) is 44.4 Å². The number of ether oxygens (including phenoxy) is 7. The van der Waals surface area contributed by atoms with Crippen LogP contribution in [-0.4, -0.2) is 135 Å². The zero-order valence-electron chi connectivity index (χ0n) is 40.7. The fourth-order valence-electron chi connectivity index (χ4n) is 8.11. The first kappa shape index (κ1) is 50.8. The molecular weight excluding hydrogens is 902 g/mol. The molecular formula is C45H68N9O11PSi. The quantitative estimate of drug-likeness (QED) is 0.0417. The molecule has 67 heavy (non-hydrogen) atoms. The second-order valence-electron chi connectivity index (χ2n) is 19.7. The Kier molecular flexibility index (Phi) is 15.9. The number of aromatic nitrogens is 8. The number of carbonyl (C=O) groups excluding carboxylic acids is 1. The van der Waals surface area contributed by atoms with Crippen molar-refractivity contribution in [3.63, 3.8) is 0 Å². The van der Waals surface area contributed by atoms with Crippen LogP contribution in [0.3, 0.4) is 0 Å². The van der Waals surface area contributed by atoms with E-state index in [9.17, 15) is 4.79 Å². The van der Waals surface area contributed by atoms with Crippen molar-refractivity contribution in [1.29, 1.82) is 0 Å². The summed E-state index contributed by atoms with van der Waals surface area (Å²) in [6.45, 7) is 19.8. The van der Waals surface area contributed by atoms with E-state index in [1.54, 1.807) is 35.7 Å². The van der Waals surface area contributed by atoms with E-state index >= 15 is 4.57 Å². The fourth-order valence-corrected chi connectivity index (χ4v) is 10.9. The van der Waals surface area contributed by atoms with Gasteiger partial charge in [-0.05, 0) is 90.6 Å². The molecule has 1 aromatic carbocycles. The van der Waals surface area contributed by atoms with Gasteiger partial charge in [-0.1, -0.05) is 56.0 Å². The first-order valence-electron chi connectivity index (χ1n) is 23.1. The third kappa shape index (κ3) is 12.1. The fraction of sp³-hybridized carbons (Fsp3) is 0.667. The Morgan fingerprint density at radius 2 is 1.75 bits per heavy atom. The molecule has 1 amide bonds. The molecule has 5 atom stereocenters. The molecule has 0 spiro atoms. The Balaban J connectivity index is 1.24. The van der Waals surface area contributed by atoms with Gasteiger partial charge >= 0.3 is 13.7 Å². The maximum atomic E-state index is 15.0. The molecule has 4 aromatic rings. The standard InChI is InChI=1S/C45H68N9O11PSi/c1-12-60-66(56,61-13-2)45(29-57-8,26-36-49-51-52(50-36)30-58-24-25-67(9,10)11)59-28-34-37-38(64-44(6,7)63-37)41(62-34)54-40-33(27-46-54)39(47-35(48-40)23-22-31-18-15-14-16-19-31)53(32-20-17-21-32)42(55)65-43(3,4)5/h14-16,18-19,22-23,27,32,34,37-38,41H,12-13,17,20-21,24-26,28-30H2,1-11H3/b23-22+/t34-,37-,38-,41-,45+/m1/s1. The molecule has 3 aromatic heterocycles. The SMILES string of the molecule is CCOP(=O)(OCC)[C@](COC)(Cc1nnn(COCC[Si](C)(C)C)n1)OC[C@H]1O[C@@H](n2ncc3c(N(C(=O)OC(C)(C)C)C4CCC4)nc(/C=C/c4ccccc4)nc32)[C@@H]2OC(C)(C)O[C@@H]21. The predicted octanol–water partition coefficient (Wildman–Crippen LogP) is 7.88. The lowest BCUT2D eigenvalue weighted by atomic mass is 9.91. The molecule has 0 N–H and O–H groups in total. The number of nitrogens with zero attached hydrogens (tertiary/aromatic N) is 9. The van der Waals surface area contributed by atoms with Gasteiger partial charge in [0.1, 0.15) is 23.9 Å². The lowest BCUT2D eigenvalue weighted by Crippen LogP contribution is -2.47. The normalized spacial score (nSPS) is 22.0. The first-order chi connectivity index (χ1) is 31.8. The van der Waals surface area contributed by atoms with E-state index in [1.807, 2.05) is 71.0 Å². The summed E-state index contributed by atoms with van der Waals surface area (Å²) in [6, 6.07) is 10.6. The van der Waals surface area contributed by atoms with Gasteiger partial charge in [0.2, 0.25) is 0 Å². The van der Waals surface area contributed by atoms with E-state index < -0.39 is 63.0 Å². The van der Waals surface area contributed by atoms with Gasteiger partial charge in [-0.15, -0.1) is 15.0 Å². The molecule has 0 bridgehead atoms. The van der Waals surface area contributed by atoms with Crippen molar-refractivity contribution in [2.75, 3.05) is 45.0 Å². The highest BCUT2D eigenvalue weighted by Crippen LogP contribution is 2.62. The second kappa shape index (κ2) is 20.9. The lowest BCUT2D eigenvalue weighted by molar-refractivity contribution is -0.207. The summed E-state index contributed by atoms with van der Waals surface area (Å²) < 4.78 is 72.9. The van der Waals surface area contributed by atoms with E-state index in [1.165, 1.54) is 11.9 Å². The minimum absolute atomic E-state index is 0.0554. The minimum Gasteiger partial charge on any atom is -0.443 e. The Labute approximate surface area is 393 Å². The topological polar surface area (TPSA) is 208 Å². The van der Waals surface area contributed by atoms with Gasteiger partial charge < -0.3 is 42.2 Å². The van der Waals surface area contributed by atoms with Crippen molar-refractivity contribution in [3.05, 3.63) is 53.7 Å². The summed E-state index contributed by atoms with van der Waals surface area (Å²) in [7, 11) is -4.00. The molecule has 7 rings (SSSR count). The Bertz CT molecular complexity index is 2360. The highest BCUT2D eigenvalue weighted by Gasteiger charge is 2.59. The van der Waals surface area contributed by atoms with Gasteiger partial charge in [0.25, 0.3) is 0 Å². The number of methoxy groups -OCH3 is 1. The van der Waals surface area contributed by atoms with Crippen LogP contribution < -0.4 is 4.90 Å². The third-order valence-corrected chi connectivity index (χ3v) is 15.7. The maximum Gasteiger partial charge on any atom is 0.416 e. The molecule has 2 aliphatic heterocycles. The van der Waals surface area contributed by atoms with E-state index in [0.29, 0.717) is 29.3 Å². The highest BCUT2D eigenvalue weighted by molar-refractivity contribution is 7.55. The third-order valence-electron chi connectivity index (χ3n) is 11.4. The van der Waals surface area contributed by atoms with Crippen molar-refractivity contribution in [3.8, 4) is 0 Å². The van der Waals surface area contributed by atoms with Crippen molar-refractivity contribution in [1.82, 2.24) is 40.0 Å². The monoisotopic (exact) mass is 969 g/mol. The number of hydrogen-bond donors (Lipinski definition) is 0. The summed E-state index contributed by atoms with van der Waals surface area (Å²) >= 11 is 0. The smallest absolute Gasteiger partial charge is 0.416 e. The molecule has 1 saturated carbocycles. The van der Waals surface area contributed by atoms with Crippen LogP contribution in [0.4, 0.5) is 10.6 Å². The first-order valence-corrected chi connectivity index (χ1v) is 28.4. The summed E-state index contributed by atoms with van der Waals surface area (Å²) in [4.78, 5) is 27.0. The van der Waals surface area contributed by atoms with Gasteiger partial charge in [-0.3, -0.25) is 9.46 Å². The summed E-state index contributed by atoms with van der Waals surface area (Å²) in [5.74, 6) is -0.102. The van der Waals surface area contributed by atoms with Crippen LogP contribution in [-0.2, 0) is 59.9 Å². The largest absolute Gasteiger partial charge is 0.443 e. The average Bonchev–Trinajstić information content (AvgIpc) is 4.01. The molecule has 20 nitrogen and oxygen atoms in total. The Morgan fingerprint density at radius 3 is 2.39 bits per heavy atom.